The third-order valence-electron chi connectivity index (χ3n) is 3.62. The van der Waals surface area contributed by atoms with Gasteiger partial charge in [0.2, 0.25) is 5.88 Å². The smallest absolute Gasteiger partial charge is 0.237 e. The SMILES string of the molecule is CCOc1ncccc1NC1CCN(C)C(C)C1. The molecule has 1 aromatic heterocycles. The molecule has 1 N–H and O–H groups in total. The molecule has 1 aliphatic rings. The van der Waals surface area contributed by atoms with Crippen LogP contribution in [-0.4, -0.2) is 42.2 Å². The van der Waals surface area contributed by atoms with Crippen LogP contribution in [0.15, 0.2) is 18.3 Å². The summed E-state index contributed by atoms with van der Waals surface area (Å²) in [5.41, 5.74) is 1.01. The number of piperidine rings is 1. The van der Waals surface area contributed by atoms with Gasteiger partial charge < -0.3 is 15.0 Å². The molecular formula is C14H23N3O. The number of hydrogen-bond donors (Lipinski definition) is 1. The van der Waals surface area contributed by atoms with Crippen molar-refractivity contribution in [2.45, 2.75) is 38.8 Å². The molecule has 18 heavy (non-hydrogen) atoms. The fourth-order valence-electron chi connectivity index (χ4n) is 2.39. The first-order chi connectivity index (χ1) is 8.70. The summed E-state index contributed by atoms with van der Waals surface area (Å²) >= 11 is 0. The van der Waals surface area contributed by atoms with E-state index in [1.54, 1.807) is 6.20 Å². The van der Waals surface area contributed by atoms with Crippen molar-refractivity contribution in [2.75, 3.05) is 25.5 Å². The Morgan fingerprint density at radius 2 is 2.39 bits per heavy atom. The number of pyridine rings is 1. The average Bonchev–Trinajstić information content (AvgIpc) is 2.37. The van der Waals surface area contributed by atoms with E-state index >= 15 is 0 Å². The first-order valence-electron chi connectivity index (χ1n) is 6.75. The molecule has 1 fully saturated rings. The minimum Gasteiger partial charge on any atom is -0.476 e. The van der Waals surface area contributed by atoms with Crippen molar-refractivity contribution in [2.24, 2.45) is 0 Å². The fourth-order valence-corrected chi connectivity index (χ4v) is 2.39. The van der Waals surface area contributed by atoms with Crippen molar-refractivity contribution in [3.05, 3.63) is 18.3 Å². The maximum atomic E-state index is 5.54. The van der Waals surface area contributed by atoms with Gasteiger partial charge in [-0.3, -0.25) is 0 Å². The molecule has 2 unspecified atom stereocenters. The van der Waals surface area contributed by atoms with Crippen LogP contribution in [0.1, 0.15) is 26.7 Å². The predicted octanol–water partition coefficient (Wildman–Crippen LogP) is 2.37. The summed E-state index contributed by atoms with van der Waals surface area (Å²) in [6.45, 7) is 6.05. The minimum atomic E-state index is 0.514. The van der Waals surface area contributed by atoms with Crippen molar-refractivity contribution in [3.8, 4) is 5.88 Å². The fraction of sp³-hybridized carbons (Fsp3) is 0.643. The standard InChI is InChI=1S/C14H23N3O/c1-4-18-14-13(6-5-8-15-14)16-12-7-9-17(3)11(2)10-12/h5-6,8,11-12,16H,4,7,9-10H2,1-3H3. The molecule has 1 aliphatic heterocycles. The van der Waals surface area contributed by atoms with Crippen LogP contribution in [0.2, 0.25) is 0 Å². The minimum absolute atomic E-state index is 0.514. The van der Waals surface area contributed by atoms with E-state index in [4.69, 9.17) is 4.74 Å². The highest BCUT2D eigenvalue weighted by molar-refractivity contribution is 5.52. The molecule has 2 rings (SSSR count). The second-order valence-corrected chi connectivity index (χ2v) is 4.98. The number of rotatable bonds is 4. The molecule has 0 radical (unpaired) electrons. The Morgan fingerprint density at radius 3 is 3.11 bits per heavy atom. The van der Waals surface area contributed by atoms with Gasteiger partial charge in [-0.1, -0.05) is 0 Å². The zero-order valence-corrected chi connectivity index (χ0v) is 11.5. The van der Waals surface area contributed by atoms with Gasteiger partial charge in [0, 0.05) is 24.8 Å². The third kappa shape index (κ3) is 3.13. The summed E-state index contributed by atoms with van der Waals surface area (Å²) in [6, 6.07) is 5.13. The molecule has 2 atom stereocenters. The molecular weight excluding hydrogens is 226 g/mol. The van der Waals surface area contributed by atoms with Gasteiger partial charge in [-0.2, -0.15) is 0 Å². The van der Waals surface area contributed by atoms with E-state index in [0.29, 0.717) is 24.6 Å². The molecule has 1 aromatic rings. The molecule has 2 heterocycles. The van der Waals surface area contributed by atoms with E-state index in [0.717, 1.165) is 18.7 Å². The number of aromatic nitrogens is 1. The summed E-state index contributed by atoms with van der Waals surface area (Å²) < 4.78 is 5.54. The molecule has 0 spiro atoms. The van der Waals surface area contributed by atoms with Crippen LogP contribution in [0.25, 0.3) is 0 Å². The van der Waals surface area contributed by atoms with Gasteiger partial charge >= 0.3 is 0 Å². The average molecular weight is 249 g/mol. The van der Waals surface area contributed by atoms with Crippen LogP contribution in [0.3, 0.4) is 0 Å². The molecule has 0 amide bonds. The second-order valence-electron chi connectivity index (χ2n) is 4.98. The quantitative estimate of drug-likeness (QED) is 0.889. The Labute approximate surface area is 109 Å². The number of ether oxygens (including phenoxy) is 1. The Morgan fingerprint density at radius 1 is 1.56 bits per heavy atom. The maximum Gasteiger partial charge on any atom is 0.237 e. The van der Waals surface area contributed by atoms with Crippen molar-refractivity contribution in [1.82, 2.24) is 9.88 Å². The van der Waals surface area contributed by atoms with Crippen LogP contribution in [0.4, 0.5) is 5.69 Å². The van der Waals surface area contributed by atoms with Gasteiger partial charge in [-0.25, -0.2) is 4.98 Å². The van der Waals surface area contributed by atoms with Crippen molar-refractivity contribution in [3.63, 3.8) is 0 Å². The van der Waals surface area contributed by atoms with E-state index in [1.165, 1.54) is 6.42 Å². The van der Waals surface area contributed by atoms with Gasteiger partial charge in [-0.15, -0.1) is 0 Å². The lowest BCUT2D eigenvalue weighted by atomic mass is 9.99. The van der Waals surface area contributed by atoms with Crippen molar-refractivity contribution >= 4 is 5.69 Å². The van der Waals surface area contributed by atoms with Crippen LogP contribution >= 0.6 is 0 Å². The highest BCUT2D eigenvalue weighted by atomic mass is 16.5. The number of anilines is 1. The largest absolute Gasteiger partial charge is 0.476 e. The summed E-state index contributed by atoms with van der Waals surface area (Å²) in [4.78, 5) is 6.68. The Hall–Kier alpha value is -1.29. The molecule has 4 nitrogen and oxygen atoms in total. The van der Waals surface area contributed by atoms with Gasteiger partial charge in [0.25, 0.3) is 0 Å². The predicted molar refractivity (Wildman–Crippen MR) is 74.1 cm³/mol. The Balaban J connectivity index is 2.01. The molecule has 100 valence electrons. The maximum absolute atomic E-state index is 5.54. The van der Waals surface area contributed by atoms with E-state index in [9.17, 15) is 0 Å². The number of nitrogens with one attached hydrogen (secondary N) is 1. The molecule has 1 saturated heterocycles. The Bertz CT molecular complexity index is 383. The topological polar surface area (TPSA) is 37.4 Å². The summed E-state index contributed by atoms with van der Waals surface area (Å²) in [7, 11) is 2.19. The molecule has 4 heteroatoms. The van der Waals surface area contributed by atoms with E-state index in [-0.39, 0.29) is 0 Å². The number of hydrogen-bond acceptors (Lipinski definition) is 4. The van der Waals surface area contributed by atoms with Crippen LogP contribution < -0.4 is 10.1 Å². The summed E-state index contributed by atoms with van der Waals surface area (Å²) in [5, 5.41) is 3.57. The highest BCUT2D eigenvalue weighted by Crippen LogP contribution is 2.25. The molecule has 0 bridgehead atoms. The Kier molecular flexibility index (Phi) is 4.42. The van der Waals surface area contributed by atoms with E-state index in [2.05, 4.69) is 29.2 Å². The van der Waals surface area contributed by atoms with Crippen LogP contribution in [0.5, 0.6) is 5.88 Å². The number of nitrogens with zero attached hydrogens (tertiary/aromatic N) is 2. The van der Waals surface area contributed by atoms with E-state index < -0.39 is 0 Å². The lowest BCUT2D eigenvalue weighted by Crippen LogP contribution is -2.42. The third-order valence-corrected chi connectivity index (χ3v) is 3.62. The van der Waals surface area contributed by atoms with Crippen LogP contribution in [0, 0.1) is 0 Å². The summed E-state index contributed by atoms with van der Waals surface area (Å²) in [5.74, 6) is 0.714. The monoisotopic (exact) mass is 249 g/mol. The molecule has 0 saturated carbocycles. The summed E-state index contributed by atoms with van der Waals surface area (Å²) in [6.07, 6.45) is 4.10. The van der Waals surface area contributed by atoms with E-state index in [1.807, 2.05) is 19.1 Å². The normalized spacial score (nSPS) is 24.8. The first kappa shape index (κ1) is 13.1. The zero-order chi connectivity index (χ0) is 13.0. The lowest BCUT2D eigenvalue weighted by molar-refractivity contribution is 0.190. The second kappa shape index (κ2) is 6.05. The van der Waals surface area contributed by atoms with Gasteiger partial charge in [-0.05, 0) is 45.9 Å². The van der Waals surface area contributed by atoms with Gasteiger partial charge in [0.05, 0.1) is 12.3 Å². The van der Waals surface area contributed by atoms with Gasteiger partial charge in [0.15, 0.2) is 0 Å². The molecule has 0 aliphatic carbocycles. The van der Waals surface area contributed by atoms with Crippen molar-refractivity contribution < 1.29 is 4.74 Å². The van der Waals surface area contributed by atoms with Crippen LogP contribution in [-0.2, 0) is 0 Å². The first-order valence-corrected chi connectivity index (χ1v) is 6.75. The van der Waals surface area contributed by atoms with Gasteiger partial charge in [0.1, 0.15) is 0 Å². The lowest BCUT2D eigenvalue weighted by Gasteiger charge is -2.35. The number of likely N-dealkylation sites (tertiary alicyclic amines) is 1. The van der Waals surface area contributed by atoms with Crippen molar-refractivity contribution in [1.29, 1.82) is 0 Å². The highest BCUT2D eigenvalue weighted by Gasteiger charge is 2.23. The molecule has 0 aromatic carbocycles. The zero-order valence-electron chi connectivity index (χ0n) is 11.5.